The second-order valence-electron chi connectivity index (χ2n) is 5.43. The molecule has 6 nitrogen and oxygen atoms in total. The van der Waals surface area contributed by atoms with Gasteiger partial charge in [-0.25, -0.2) is 0 Å². The molecule has 0 bridgehead atoms. The van der Waals surface area contributed by atoms with E-state index in [1.165, 1.54) is 5.00 Å². The van der Waals surface area contributed by atoms with Crippen molar-refractivity contribution in [1.29, 1.82) is 0 Å². The van der Waals surface area contributed by atoms with Crippen molar-refractivity contribution in [2.24, 2.45) is 5.10 Å². The highest BCUT2D eigenvalue weighted by molar-refractivity contribution is 7.17. The number of benzene rings is 1. The predicted molar refractivity (Wildman–Crippen MR) is 98.1 cm³/mol. The lowest BCUT2D eigenvalue weighted by molar-refractivity contribution is 0.123. The topological polar surface area (TPSA) is 62.6 Å². The van der Waals surface area contributed by atoms with Crippen LogP contribution in [0.15, 0.2) is 47.7 Å². The SMILES string of the molecule is C(=N/Nc1nncc2ccccc12)/c1ccc(N2CCOCC2)s1. The highest BCUT2D eigenvalue weighted by atomic mass is 32.1. The molecule has 4 rings (SSSR count). The fourth-order valence-corrected chi connectivity index (χ4v) is 3.56. The number of rotatable bonds is 4. The highest BCUT2D eigenvalue weighted by Gasteiger charge is 2.12. The maximum atomic E-state index is 5.39. The van der Waals surface area contributed by atoms with Crippen LogP contribution >= 0.6 is 11.3 Å². The van der Waals surface area contributed by atoms with Gasteiger partial charge in [0, 0.05) is 28.7 Å². The lowest BCUT2D eigenvalue weighted by atomic mass is 10.2. The van der Waals surface area contributed by atoms with Crippen LogP contribution < -0.4 is 10.3 Å². The smallest absolute Gasteiger partial charge is 0.176 e. The summed E-state index contributed by atoms with van der Waals surface area (Å²) >= 11 is 1.72. The first kappa shape index (κ1) is 15.0. The number of morpholine rings is 1. The van der Waals surface area contributed by atoms with Crippen molar-refractivity contribution in [3.63, 3.8) is 0 Å². The quantitative estimate of drug-likeness (QED) is 0.585. The molecule has 2 aromatic heterocycles. The molecular formula is C17H17N5OS. The summed E-state index contributed by atoms with van der Waals surface area (Å²) in [6, 6.07) is 12.2. The lowest BCUT2D eigenvalue weighted by Crippen LogP contribution is -2.35. The fourth-order valence-electron chi connectivity index (χ4n) is 2.63. The number of thiophene rings is 1. The van der Waals surface area contributed by atoms with Crippen LogP contribution in [0.1, 0.15) is 4.88 Å². The van der Waals surface area contributed by atoms with Gasteiger partial charge in [0.1, 0.15) is 0 Å². The van der Waals surface area contributed by atoms with Gasteiger partial charge >= 0.3 is 0 Å². The molecule has 1 aliphatic rings. The molecule has 1 aromatic carbocycles. The Hall–Kier alpha value is -2.51. The van der Waals surface area contributed by atoms with Crippen molar-refractivity contribution in [3.05, 3.63) is 47.5 Å². The predicted octanol–water partition coefficient (Wildman–Crippen LogP) is 2.97. The van der Waals surface area contributed by atoms with Gasteiger partial charge in [-0.05, 0) is 12.1 Å². The number of anilines is 2. The average Bonchev–Trinajstić information content (AvgIpc) is 3.12. The molecule has 0 saturated carbocycles. The summed E-state index contributed by atoms with van der Waals surface area (Å²) in [6.45, 7) is 3.48. The first-order valence-electron chi connectivity index (χ1n) is 7.82. The Labute approximate surface area is 143 Å². The van der Waals surface area contributed by atoms with Gasteiger partial charge < -0.3 is 9.64 Å². The molecule has 3 aromatic rings. The Bertz CT molecular complexity index is 852. The van der Waals surface area contributed by atoms with Gasteiger partial charge in [-0.1, -0.05) is 24.3 Å². The standard InChI is InChI=1S/C17H17N5OS/c1-2-4-15-13(3-1)11-18-20-17(15)21-19-12-14-5-6-16(24-14)22-7-9-23-10-8-22/h1-6,11-12H,7-10H2,(H,20,21)/b19-12-. The first-order valence-corrected chi connectivity index (χ1v) is 8.64. The summed E-state index contributed by atoms with van der Waals surface area (Å²) in [5.74, 6) is 0.661. The van der Waals surface area contributed by atoms with Crippen molar-refractivity contribution in [2.45, 2.75) is 0 Å². The number of aromatic nitrogens is 2. The van der Waals surface area contributed by atoms with Crippen LogP contribution in [0.4, 0.5) is 10.8 Å². The van der Waals surface area contributed by atoms with E-state index >= 15 is 0 Å². The number of nitrogens with one attached hydrogen (secondary N) is 1. The van der Waals surface area contributed by atoms with Crippen molar-refractivity contribution < 1.29 is 4.74 Å². The van der Waals surface area contributed by atoms with E-state index in [-0.39, 0.29) is 0 Å². The normalized spacial score (nSPS) is 15.2. The van der Waals surface area contributed by atoms with Gasteiger partial charge in [0.25, 0.3) is 0 Å². The first-order chi connectivity index (χ1) is 11.9. The van der Waals surface area contributed by atoms with Crippen LogP contribution in [0, 0.1) is 0 Å². The molecule has 7 heteroatoms. The van der Waals surface area contributed by atoms with Crippen molar-refractivity contribution in [1.82, 2.24) is 10.2 Å². The molecule has 0 radical (unpaired) electrons. The summed E-state index contributed by atoms with van der Waals surface area (Å²) in [7, 11) is 0. The maximum Gasteiger partial charge on any atom is 0.176 e. The summed E-state index contributed by atoms with van der Waals surface area (Å²) in [6.07, 6.45) is 3.57. The van der Waals surface area contributed by atoms with Gasteiger partial charge in [0.15, 0.2) is 5.82 Å². The van der Waals surface area contributed by atoms with Gasteiger partial charge in [-0.3, -0.25) is 5.43 Å². The number of hydrogen-bond acceptors (Lipinski definition) is 7. The number of nitrogens with zero attached hydrogens (tertiary/aromatic N) is 4. The molecule has 1 N–H and O–H groups in total. The van der Waals surface area contributed by atoms with Crippen LogP contribution in [0.5, 0.6) is 0 Å². The van der Waals surface area contributed by atoms with Crippen molar-refractivity contribution in [3.8, 4) is 0 Å². The Morgan fingerprint density at radius 3 is 2.96 bits per heavy atom. The summed E-state index contributed by atoms with van der Waals surface area (Å²) < 4.78 is 5.39. The molecule has 1 saturated heterocycles. The molecule has 0 spiro atoms. The van der Waals surface area contributed by atoms with Crippen LogP contribution in [0.2, 0.25) is 0 Å². The Balaban J connectivity index is 1.46. The van der Waals surface area contributed by atoms with E-state index in [0.29, 0.717) is 5.82 Å². The monoisotopic (exact) mass is 339 g/mol. The van der Waals surface area contributed by atoms with E-state index in [9.17, 15) is 0 Å². The molecule has 0 aliphatic carbocycles. The van der Waals surface area contributed by atoms with Gasteiger partial charge in [0.2, 0.25) is 0 Å². The lowest BCUT2D eigenvalue weighted by Gasteiger charge is -2.27. The third-order valence-corrected chi connectivity index (χ3v) is 4.95. The molecule has 0 unspecified atom stereocenters. The van der Waals surface area contributed by atoms with Gasteiger partial charge in [-0.15, -0.1) is 16.4 Å². The Morgan fingerprint density at radius 2 is 2.04 bits per heavy atom. The largest absolute Gasteiger partial charge is 0.378 e. The van der Waals surface area contributed by atoms with Crippen molar-refractivity contribution in [2.75, 3.05) is 36.6 Å². The minimum Gasteiger partial charge on any atom is -0.378 e. The molecule has 24 heavy (non-hydrogen) atoms. The van der Waals surface area contributed by atoms with Crippen molar-refractivity contribution >= 4 is 39.1 Å². The zero-order valence-electron chi connectivity index (χ0n) is 13.1. The van der Waals surface area contributed by atoms with E-state index in [1.807, 2.05) is 30.5 Å². The number of hydrazone groups is 1. The minimum absolute atomic E-state index is 0.661. The molecule has 0 amide bonds. The molecule has 1 aliphatic heterocycles. The molecule has 3 heterocycles. The van der Waals surface area contributed by atoms with E-state index in [1.54, 1.807) is 17.5 Å². The summed E-state index contributed by atoms with van der Waals surface area (Å²) in [5.41, 5.74) is 2.99. The minimum atomic E-state index is 0.661. The Kier molecular flexibility index (Phi) is 4.35. The van der Waals surface area contributed by atoms with E-state index < -0.39 is 0 Å². The molecular weight excluding hydrogens is 322 g/mol. The van der Waals surface area contributed by atoms with Crippen LogP contribution in [-0.4, -0.2) is 42.7 Å². The zero-order valence-corrected chi connectivity index (χ0v) is 13.9. The van der Waals surface area contributed by atoms with E-state index in [0.717, 1.165) is 42.0 Å². The number of fused-ring (bicyclic) bond motifs is 1. The summed E-state index contributed by atoms with van der Waals surface area (Å²) in [4.78, 5) is 3.44. The van der Waals surface area contributed by atoms with Crippen LogP contribution in [0.25, 0.3) is 10.8 Å². The van der Waals surface area contributed by atoms with E-state index in [4.69, 9.17) is 4.74 Å². The Morgan fingerprint density at radius 1 is 1.17 bits per heavy atom. The third kappa shape index (κ3) is 3.22. The van der Waals surface area contributed by atoms with E-state index in [2.05, 4.69) is 37.8 Å². The zero-order chi connectivity index (χ0) is 16.2. The number of hydrogen-bond donors (Lipinski definition) is 1. The molecule has 122 valence electrons. The second-order valence-corrected chi connectivity index (χ2v) is 6.52. The maximum absolute atomic E-state index is 5.39. The van der Waals surface area contributed by atoms with Crippen LogP contribution in [-0.2, 0) is 4.74 Å². The third-order valence-electron chi connectivity index (χ3n) is 3.87. The average molecular weight is 339 g/mol. The number of ether oxygens (including phenoxy) is 1. The highest BCUT2D eigenvalue weighted by Crippen LogP contribution is 2.26. The molecule has 1 fully saturated rings. The fraction of sp³-hybridized carbons (Fsp3) is 0.235. The van der Waals surface area contributed by atoms with Crippen LogP contribution in [0.3, 0.4) is 0 Å². The van der Waals surface area contributed by atoms with Gasteiger partial charge in [0.05, 0.1) is 30.6 Å². The second kappa shape index (κ2) is 6.94. The van der Waals surface area contributed by atoms with Gasteiger partial charge in [-0.2, -0.15) is 10.2 Å². The summed E-state index contributed by atoms with van der Waals surface area (Å²) in [5, 5.41) is 15.7. The molecule has 0 atom stereocenters.